The molecule has 0 spiro atoms. The third-order valence-corrected chi connectivity index (χ3v) is 4.11. The summed E-state index contributed by atoms with van der Waals surface area (Å²) in [6.45, 7) is 1.78. The summed E-state index contributed by atoms with van der Waals surface area (Å²) in [5.74, 6) is -0.0532. The molecule has 0 N–H and O–H groups in total. The van der Waals surface area contributed by atoms with Crippen molar-refractivity contribution < 1.29 is 0 Å². The van der Waals surface area contributed by atoms with E-state index < -0.39 is 0 Å². The Morgan fingerprint density at radius 2 is 2.05 bits per heavy atom. The van der Waals surface area contributed by atoms with Crippen LogP contribution in [0.25, 0.3) is 0 Å². The minimum atomic E-state index is -0.0532. The predicted molar refractivity (Wildman–Crippen MR) is 79.0 cm³/mol. The van der Waals surface area contributed by atoms with Crippen molar-refractivity contribution >= 4 is 11.6 Å². The summed E-state index contributed by atoms with van der Waals surface area (Å²) in [4.78, 5) is 2.37. The van der Waals surface area contributed by atoms with E-state index >= 15 is 0 Å². The van der Waals surface area contributed by atoms with Crippen LogP contribution in [0.1, 0.15) is 37.3 Å². The number of hydrogen-bond acceptors (Lipinski definition) is 3. The van der Waals surface area contributed by atoms with Gasteiger partial charge in [-0.15, -0.1) is 0 Å². The van der Waals surface area contributed by atoms with Crippen LogP contribution < -0.4 is 0 Å². The minimum Gasteiger partial charge on any atom is -0.295 e. The maximum atomic E-state index is 9.20. The van der Waals surface area contributed by atoms with Crippen LogP contribution in [0, 0.1) is 28.6 Å². The van der Waals surface area contributed by atoms with Crippen LogP contribution in [-0.4, -0.2) is 18.0 Å². The summed E-state index contributed by atoms with van der Waals surface area (Å²) < 4.78 is 0. The zero-order chi connectivity index (χ0) is 14.4. The molecule has 1 aromatic rings. The number of nitriles is 2. The Morgan fingerprint density at radius 1 is 1.30 bits per heavy atom. The Bertz CT molecular complexity index is 512. The van der Waals surface area contributed by atoms with Crippen LogP contribution in [0.4, 0.5) is 0 Å². The molecule has 1 aromatic carbocycles. The molecule has 0 amide bonds. The van der Waals surface area contributed by atoms with Crippen LogP contribution in [0.3, 0.4) is 0 Å². The zero-order valence-corrected chi connectivity index (χ0v) is 12.2. The maximum absolute atomic E-state index is 9.20. The molecular weight excluding hydrogens is 270 g/mol. The van der Waals surface area contributed by atoms with Gasteiger partial charge in [0.1, 0.15) is 0 Å². The van der Waals surface area contributed by atoms with Crippen LogP contribution >= 0.6 is 11.6 Å². The van der Waals surface area contributed by atoms with Gasteiger partial charge in [-0.05, 0) is 43.5 Å². The Labute approximate surface area is 125 Å². The molecule has 0 saturated carbocycles. The number of likely N-dealkylation sites (tertiary alicyclic amines) is 1. The molecule has 104 valence electrons. The van der Waals surface area contributed by atoms with Crippen molar-refractivity contribution in [3.05, 3.63) is 34.9 Å². The molecule has 2 atom stereocenters. The quantitative estimate of drug-likeness (QED) is 0.825. The van der Waals surface area contributed by atoms with Gasteiger partial charge in [-0.25, -0.2) is 0 Å². The van der Waals surface area contributed by atoms with Gasteiger partial charge >= 0.3 is 0 Å². The Hall–Kier alpha value is -1.55. The van der Waals surface area contributed by atoms with Crippen molar-refractivity contribution in [1.82, 2.24) is 4.90 Å². The highest BCUT2D eigenvalue weighted by molar-refractivity contribution is 6.30. The minimum absolute atomic E-state index is 0.0532. The van der Waals surface area contributed by atoms with Gasteiger partial charge in [0.05, 0.1) is 18.1 Å². The Balaban J connectivity index is 2.02. The predicted octanol–water partition coefficient (Wildman–Crippen LogP) is 3.92. The molecule has 4 heteroatoms. The topological polar surface area (TPSA) is 50.8 Å². The molecule has 0 unspecified atom stereocenters. The molecule has 0 aromatic heterocycles. The smallest absolute Gasteiger partial charge is 0.0669 e. The van der Waals surface area contributed by atoms with Crippen molar-refractivity contribution in [2.24, 2.45) is 5.92 Å². The van der Waals surface area contributed by atoms with Gasteiger partial charge in [0.25, 0.3) is 0 Å². The maximum Gasteiger partial charge on any atom is 0.0669 e. The van der Waals surface area contributed by atoms with Gasteiger partial charge in [-0.1, -0.05) is 23.7 Å². The first-order valence-electron chi connectivity index (χ1n) is 7.00. The first-order chi connectivity index (χ1) is 9.74. The van der Waals surface area contributed by atoms with Gasteiger partial charge < -0.3 is 0 Å². The molecule has 0 bridgehead atoms. The van der Waals surface area contributed by atoms with E-state index in [9.17, 15) is 5.26 Å². The summed E-state index contributed by atoms with van der Waals surface area (Å²) >= 11 is 5.93. The van der Waals surface area contributed by atoms with Crippen LogP contribution in [0.5, 0.6) is 0 Å². The van der Waals surface area contributed by atoms with Gasteiger partial charge in [0, 0.05) is 24.0 Å². The summed E-state index contributed by atoms with van der Waals surface area (Å²) in [7, 11) is 0. The van der Waals surface area contributed by atoms with E-state index in [0.717, 1.165) is 31.0 Å². The Kier molecular flexibility index (Phi) is 5.41. The van der Waals surface area contributed by atoms with Crippen molar-refractivity contribution in [3.8, 4) is 12.1 Å². The third kappa shape index (κ3) is 3.73. The molecule has 20 heavy (non-hydrogen) atoms. The normalized spacial score (nSPS) is 20.2. The fourth-order valence-electron chi connectivity index (χ4n) is 2.83. The second-order valence-electron chi connectivity index (χ2n) is 5.23. The standard InChI is InChI=1S/C16H18ClN3/c17-15-7-5-14(6-8-15)16-4-2-10-20(16)12-13(11-19)3-1-9-18/h5-8,13,16H,1-4,10,12H2/t13-,16+/m0/s1. The number of rotatable bonds is 5. The fourth-order valence-corrected chi connectivity index (χ4v) is 2.95. The molecule has 2 rings (SSSR count). The Morgan fingerprint density at radius 3 is 2.70 bits per heavy atom. The average Bonchev–Trinajstić information content (AvgIpc) is 2.92. The fraction of sp³-hybridized carbons (Fsp3) is 0.500. The molecule has 1 fully saturated rings. The van der Waals surface area contributed by atoms with E-state index in [-0.39, 0.29) is 5.92 Å². The summed E-state index contributed by atoms with van der Waals surface area (Å²) in [5, 5.41) is 18.6. The first-order valence-corrected chi connectivity index (χ1v) is 7.38. The largest absolute Gasteiger partial charge is 0.295 e. The highest BCUT2D eigenvalue weighted by atomic mass is 35.5. The molecule has 0 aliphatic carbocycles. The molecule has 1 aliphatic heterocycles. The molecule has 1 saturated heterocycles. The lowest BCUT2D eigenvalue weighted by Gasteiger charge is -2.26. The van der Waals surface area contributed by atoms with E-state index in [4.69, 9.17) is 16.9 Å². The monoisotopic (exact) mass is 287 g/mol. The molecule has 0 radical (unpaired) electrons. The second-order valence-corrected chi connectivity index (χ2v) is 5.66. The number of hydrogen-bond donors (Lipinski definition) is 0. The van der Waals surface area contributed by atoms with Crippen LogP contribution in [0.2, 0.25) is 5.02 Å². The zero-order valence-electron chi connectivity index (χ0n) is 11.4. The summed E-state index contributed by atoms with van der Waals surface area (Å²) in [6, 6.07) is 12.8. The lowest BCUT2D eigenvalue weighted by atomic mass is 10.0. The summed E-state index contributed by atoms with van der Waals surface area (Å²) in [6.07, 6.45) is 3.40. The second kappa shape index (κ2) is 7.29. The number of nitrogens with zero attached hydrogens (tertiary/aromatic N) is 3. The lowest BCUT2D eigenvalue weighted by molar-refractivity contribution is 0.231. The summed E-state index contributed by atoms with van der Waals surface area (Å²) in [5.41, 5.74) is 1.27. The van der Waals surface area contributed by atoms with E-state index in [1.165, 1.54) is 5.56 Å². The van der Waals surface area contributed by atoms with E-state index in [0.29, 0.717) is 18.9 Å². The molecule has 3 nitrogen and oxygen atoms in total. The van der Waals surface area contributed by atoms with Crippen molar-refractivity contribution in [2.45, 2.75) is 31.7 Å². The molecule has 1 heterocycles. The van der Waals surface area contributed by atoms with Gasteiger partial charge in [0.15, 0.2) is 0 Å². The number of halogens is 1. The third-order valence-electron chi connectivity index (χ3n) is 3.86. The SMILES string of the molecule is N#CCC[C@@H](C#N)CN1CCC[C@@H]1c1ccc(Cl)cc1. The van der Waals surface area contributed by atoms with Gasteiger partial charge in [0.2, 0.25) is 0 Å². The van der Waals surface area contributed by atoms with Crippen LogP contribution in [-0.2, 0) is 0 Å². The highest BCUT2D eigenvalue weighted by Crippen LogP contribution is 2.33. The van der Waals surface area contributed by atoms with E-state index in [1.807, 2.05) is 12.1 Å². The molecular formula is C16H18ClN3. The van der Waals surface area contributed by atoms with Crippen molar-refractivity contribution in [1.29, 1.82) is 10.5 Å². The lowest BCUT2D eigenvalue weighted by Crippen LogP contribution is -2.28. The van der Waals surface area contributed by atoms with Crippen LogP contribution in [0.15, 0.2) is 24.3 Å². The van der Waals surface area contributed by atoms with E-state index in [2.05, 4.69) is 29.2 Å². The van der Waals surface area contributed by atoms with Crippen molar-refractivity contribution in [3.63, 3.8) is 0 Å². The number of benzene rings is 1. The first kappa shape index (κ1) is 14.9. The highest BCUT2D eigenvalue weighted by Gasteiger charge is 2.27. The van der Waals surface area contributed by atoms with Gasteiger partial charge in [-0.2, -0.15) is 10.5 Å². The van der Waals surface area contributed by atoms with Crippen molar-refractivity contribution in [2.75, 3.05) is 13.1 Å². The van der Waals surface area contributed by atoms with E-state index in [1.54, 1.807) is 0 Å². The molecule has 1 aliphatic rings. The van der Waals surface area contributed by atoms with Gasteiger partial charge in [-0.3, -0.25) is 4.90 Å². The average molecular weight is 288 g/mol.